The maximum atomic E-state index is 13.3. The van der Waals surface area contributed by atoms with E-state index >= 15 is 0 Å². The van der Waals surface area contributed by atoms with Crippen LogP contribution in [0.1, 0.15) is 16.7 Å². The van der Waals surface area contributed by atoms with Gasteiger partial charge in [0.05, 0.1) is 12.8 Å². The predicted molar refractivity (Wildman–Crippen MR) is 132 cm³/mol. The average Bonchev–Trinajstić information content (AvgIpc) is 2.82. The van der Waals surface area contributed by atoms with Gasteiger partial charge in [-0.05, 0) is 54.5 Å². The molecule has 0 bridgehead atoms. The molecule has 1 aliphatic heterocycles. The quantitative estimate of drug-likeness (QED) is 0.364. The number of anilines is 1. The number of ether oxygens (including phenoxy) is 2. The van der Waals surface area contributed by atoms with Crippen molar-refractivity contribution >= 4 is 45.5 Å². The lowest BCUT2D eigenvalue weighted by atomic mass is 10.0. The molecule has 1 heterocycles. The number of methoxy groups -OCH3 is 1. The summed E-state index contributed by atoms with van der Waals surface area (Å²) in [5.74, 6) is -0.499. The van der Waals surface area contributed by atoms with Crippen LogP contribution in [0.4, 0.5) is 10.5 Å². The molecule has 7 nitrogen and oxygen atoms in total. The van der Waals surface area contributed by atoms with E-state index in [1.807, 2.05) is 30.3 Å². The lowest BCUT2D eigenvalue weighted by Gasteiger charge is -2.27. The first kappa shape index (κ1) is 23.3. The standard InChI is InChI=1S/C26H21BrN2O5/c1-16-12-19(27)9-11-22(16)29-25(31)21(24(30)28-26(29)32)13-18-8-10-20(33-2)14-23(18)34-15-17-6-4-3-5-7-17/h3-14H,15H2,1-2H3,(H,28,30,32)/b21-13-. The van der Waals surface area contributed by atoms with Gasteiger partial charge in [0.2, 0.25) is 0 Å². The Labute approximate surface area is 205 Å². The fraction of sp³-hybridized carbons (Fsp3) is 0.115. The second-order valence-corrected chi connectivity index (χ2v) is 8.48. The SMILES string of the molecule is COc1ccc(/C=C2/C(=O)NC(=O)N(c3ccc(Br)cc3C)C2=O)c(OCc2ccccc2)c1. The van der Waals surface area contributed by atoms with E-state index in [2.05, 4.69) is 21.2 Å². The number of urea groups is 1. The van der Waals surface area contributed by atoms with Crippen molar-refractivity contribution in [2.45, 2.75) is 13.5 Å². The molecule has 0 aliphatic carbocycles. The summed E-state index contributed by atoms with van der Waals surface area (Å²) in [7, 11) is 1.54. The van der Waals surface area contributed by atoms with Crippen LogP contribution in [-0.4, -0.2) is 25.0 Å². The van der Waals surface area contributed by atoms with Gasteiger partial charge in [0.25, 0.3) is 11.8 Å². The van der Waals surface area contributed by atoms with Crippen molar-refractivity contribution < 1.29 is 23.9 Å². The van der Waals surface area contributed by atoms with Crippen molar-refractivity contribution in [1.29, 1.82) is 0 Å². The molecular weight excluding hydrogens is 500 g/mol. The summed E-state index contributed by atoms with van der Waals surface area (Å²) in [6, 6.07) is 19.0. The topological polar surface area (TPSA) is 84.9 Å². The molecular formula is C26H21BrN2O5. The van der Waals surface area contributed by atoms with Crippen molar-refractivity contribution in [3.8, 4) is 11.5 Å². The normalized spacial score (nSPS) is 14.9. The minimum Gasteiger partial charge on any atom is -0.497 e. The highest BCUT2D eigenvalue weighted by Gasteiger charge is 2.37. The molecule has 1 fully saturated rings. The van der Waals surface area contributed by atoms with Gasteiger partial charge in [0.1, 0.15) is 23.7 Å². The lowest BCUT2D eigenvalue weighted by Crippen LogP contribution is -2.54. The van der Waals surface area contributed by atoms with Gasteiger partial charge in [0.15, 0.2) is 0 Å². The molecule has 0 radical (unpaired) electrons. The van der Waals surface area contributed by atoms with Gasteiger partial charge in [-0.1, -0.05) is 46.3 Å². The zero-order valence-corrected chi connectivity index (χ0v) is 20.1. The summed E-state index contributed by atoms with van der Waals surface area (Å²) in [5, 5.41) is 2.25. The van der Waals surface area contributed by atoms with Gasteiger partial charge >= 0.3 is 6.03 Å². The van der Waals surface area contributed by atoms with Crippen molar-refractivity contribution in [3.63, 3.8) is 0 Å². The van der Waals surface area contributed by atoms with Gasteiger partial charge < -0.3 is 9.47 Å². The van der Waals surface area contributed by atoms with Crippen LogP contribution in [0.2, 0.25) is 0 Å². The maximum Gasteiger partial charge on any atom is 0.335 e. The first-order chi connectivity index (χ1) is 16.4. The Balaban J connectivity index is 1.71. The lowest BCUT2D eigenvalue weighted by molar-refractivity contribution is -0.122. The number of imide groups is 2. The van der Waals surface area contributed by atoms with Crippen LogP contribution in [0.3, 0.4) is 0 Å². The Kier molecular flexibility index (Phi) is 6.79. The number of hydrogen-bond acceptors (Lipinski definition) is 5. The molecule has 0 unspecified atom stereocenters. The molecule has 172 valence electrons. The molecule has 0 aromatic heterocycles. The Morgan fingerprint density at radius 3 is 2.47 bits per heavy atom. The molecule has 0 saturated carbocycles. The van der Waals surface area contributed by atoms with Crippen LogP contribution >= 0.6 is 15.9 Å². The Morgan fingerprint density at radius 2 is 1.76 bits per heavy atom. The Bertz CT molecular complexity index is 1300. The first-order valence-corrected chi connectivity index (χ1v) is 11.2. The van der Waals surface area contributed by atoms with Gasteiger partial charge in [-0.2, -0.15) is 0 Å². The number of benzene rings is 3. The first-order valence-electron chi connectivity index (χ1n) is 10.4. The van der Waals surface area contributed by atoms with Crippen molar-refractivity contribution in [2.24, 2.45) is 0 Å². The number of aryl methyl sites for hydroxylation is 1. The zero-order chi connectivity index (χ0) is 24.2. The molecule has 4 amide bonds. The number of amides is 4. The molecule has 1 N–H and O–H groups in total. The molecule has 0 spiro atoms. The van der Waals surface area contributed by atoms with Gasteiger partial charge in [0, 0.05) is 16.1 Å². The van der Waals surface area contributed by atoms with Crippen molar-refractivity contribution in [1.82, 2.24) is 5.32 Å². The van der Waals surface area contributed by atoms with Gasteiger partial charge in [-0.3, -0.25) is 14.9 Å². The Morgan fingerprint density at radius 1 is 1.00 bits per heavy atom. The average molecular weight is 521 g/mol. The van der Waals surface area contributed by atoms with E-state index in [9.17, 15) is 14.4 Å². The van der Waals surface area contributed by atoms with E-state index in [0.717, 1.165) is 14.9 Å². The summed E-state index contributed by atoms with van der Waals surface area (Å²) >= 11 is 3.37. The summed E-state index contributed by atoms with van der Waals surface area (Å²) < 4.78 is 12.1. The number of rotatable bonds is 6. The minimum atomic E-state index is -0.798. The van der Waals surface area contributed by atoms with Crippen molar-refractivity contribution in [2.75, 3.05) is 12.0 Å². The maximum absolute atomic E-state index is 13.3. The number of carbonyl (C=O) groups excluding carboxylic acids is 3. The third-order valence-corrected chi connectivity index (χ3v) is 5.75. The molecule has 1 aliphatic rings. The van der Waals surface area contributed by atoms with Crippen LogP contribution in [0, 0.1) is 6.92 Å². The van der Waals surface area contributed by atoms with Crippen molar-refractivity contribution in [3.05, 3.63) is 93.5 Å². The third kappa shape index (κ3) is 4.87. The monoisotopic (exact) mass is 520 g/mol. The van der Waals surface area contributed by atoms with E-state index in [4.69, 9.17) is 9.47 Å². The molecule has 34 heavy (non-hydrogen) atoms. The summed E-state index contributed by atoms with van der Waals surface area (Å²) in [6.45, 7) is 2.06. The highest BCUT2D eigenvalue weighted by atomic mass is 79.9. The molecule has 3 aromatic rings. The summed E-state index contributed by atoms with van der Waals surface area (Å²) in [4.78, 5) is 39.4. The summed E-state index contributed by atoms with van der Waals surface area (Å²) in [5.41, 5.74) is 2.36. The van der Waals surface area contributed by atoms with E-state index in [1.165, 1.54) is 13.2 Å². The number of carbonyl (C=O) groups is 3. The number of nitrogens with zero attached hydrogens (tertiary/aromatic N) is 1. The second-order valence-electron chi connectivity index (χ2n) is 7.57. The number of barbiturate groups is 1. The van der Waals surface area contributed by atoms with E-state index in [0.29, 0.717) is 28.3 Å². The minimum absolute atomic E-state index is 0.184. The molecule has 3 aromatic carbocycles. The number of hydrogen-bond donors (Lipinski definition) is 1. The number of halogens is 1. The van der Waals surface area contributed by atoms with Crippen LogP contribution in [0.15, 0.2) is 76.8 Å². The van der Waals surface area contributed by atoms with Crippen LogP contribution in [0.25, 0.3) is 6.08 Å². The molecule has 8 heteroatoms. The van der Waals surface area contributed by atoms with Crippen LogP contribution in [0.5, 0.6) is 11.5 Å². The molecule has 4 rings (SSSR count). The van der Waals surface area contributed by atoms with Gasteiger partial charge in [-0.15, -0.1) is 0 Å². The highest BCUT2D eigenvalue weighted by molar-refractivity contribution is 9.10. The second kappa shape index (κ2) is 9.93. The highest BCUT2D eigenvalue weighted by Crippen LogP contribution is 2.31. The smallest absolute Gasteiger partial charge is 0.335 e. The molecule has 1 saturated heterocycles. The molecule has 0 atom stereocenters. The third-order valence-electron chi connectivity index (χ3n) is 5.26. The van der Waals surface area contributed by atoms with Crippen LogP contribution < -0.4 is 19.7 Å². The Hall–Kier alpha value is -3.91. The largest absolute Gasteiger partial charge is 0.497 e. The van der Waals surface area contributed by atoms with E-state index < -0.39 is 17.8 Å². The fourth-order valence-corrected chi connectivity index (χ4v) is 4.00. The van der Waals surface area contributed by atoms with E-state index in [1.54, 1.807) is 43.3 Å². The van der Waals surface area contributed by atoms with Crippen LogP contribution in [-0.2, 0) is 16.2 Å². The fourth-order valence-electron chi connectivity index (χ4n) is 3.52. The van der Waals surface area contributed by atoms with E-state index in [-0.39, 0.29) is 12.2 Å². The number of nitrogens with one attached hydrogen (secondary N) is 1. The van der Waals surface area contributed by atoms with Gasteiger partial charge in [-0.25, -0.2) is 9.69 Å². The summed E-state index contributed by atoms with van der Waals surface area (Å²) in [6.07, 6.45) is 1.42. The zero-order valence-electron chi connectivity index (χ0n) is 18.5. The predicted octanol–water partition coefficient (Wildman–Crippen LogP) is 5.01.